The van der Waals surface area contributed by atoms with Gasteiger partial charge in [-0.05, 0) is 24.4 Å². The van der Waals surface area contributed by atoms with E-state index in [0.717, 1.165) is 10.8 Å². The Morgan fingerprint density at radius 1 is 0.923 bits per heavy atom. The normalized spacial score (nSPS) is 28.1. The molecule has 9 heteroatoms. The van der Waals surface area contributed by atoms with Gasteiger partial charge in [0.25, 0.3) is 5.91 Å². The number of nitrogens with zero attached hydrogens (tertiary/aromatic N) is 3. The smallest absolute Gasteiger partial charge is 0.253 e. The largest absolute Gasteiger partial charge is 0.378 e. The van der Waals surface area contributed by atoms with Crippen LogP contribution in [0.25, 0.3) is 10.8 Å². The van der Waals surface area contributed by atoms with Gasteiger partial charge in [0.2, 0.25) is 17.7 Å². The number of imide groups is 1. The maximum atomic E-state index is 14.4. The number of benzene rings is 3. The molecule has 0 aromatic heterocycles. The molecular formula is C30H28N4O5. The van der Waals surface area contributed by atoms with E-state index in [-0.39, 0.29) is 24.3 Å². The molecule has 0 radical (unpaired) electrons. The molecule has 4 aliphatic rings. The van der Waals surface area contributed by atoms with E-state index in [2.05, 4.69) is 5.32 Å². The van der Waals surface area contributed by atoms with Crippen molar-refractivity contribution >= 4 is 45.8 Å². The third-order valence-electron chi connectivity index (χ3n) is 8.68. The fraction of sp³-hybridized carbons (Fsp3) is 0.333. The van der Waals surface area contributed by atoms with E-state index in [1.54, 1.807) is 17.0 Å². The second-order valence-corrected chi connectivity index (χ2v) is 10.7. The minimum absolute atomic E-state index is 0.139. The molecule has 3 saturated heterocycles. The van der Waals surface area contributed by atoms with Gasteiger partial charge in [-0.1, -0.05) is 54.6 Å². The predicted molar refractivity (Wildman–Crippen MR) is 144 cm³/mol. The predicted octanol–water partition coefficient (Wildman–Crippen LogP) is 2.04. The number of anilines is 2. The number of amides is 4. The summed E-state index contributed by atoms with van der Waals surface area (Å²) in [5.74, 6) is -2.91. The molecule has 198 valence electrons. The highest BCUT2D eigenvalue weighted by Gasteiger charge is 2.71. The highest BCUT2D eigenvalue weighted by molar-refractivity contribution is 6.28. The molecule has 4 aliphatic heterocycles. The summed E-state index contributed by atoms with van der Waals surface area (Å²) in [5, 5.41) is 5.10. The quantitative estimate of drug-likeness (QED) is 0.527. The van der Waals surface area contributed by atoms with Crippen LogP contribution in [0.15, 0.2) is 66.7 Å². The lowest BCUT2D eigenvalue weighted by Gasteiger charge is -2.31. The first-order chi connectivity index (χ1) is 18.9. The molecule has 4 atom stereocenters. The van der Waals surface area contributed by atoms with Crippen LogP contribution in [0.5, 0.6) is 0 Å². The summed E-state index contributed by atoms with van der Waals surface area (Å²) in [6.07, 6.45) is 0. The van der Waals surface area contributed by atoms with Crippen molar-refractivity contribution in [3.05, 3.63) is 72.3 Å². The van der Waals surface area contributed by atoms with Crippen LogP contribution < -0.4 is 15.1 Å². The van der Waals surface area contributed by atoms with Gasteiger partial charge < -0.3 is 14.5 Å². The zero-order valence-corrected chi connectivity index (χ0v) is 21.5. The molecular weight excluding hydrogens is 496 g/mol. The van der Waals surface area contributed by atoms with E-state index in [0.29, 0.717) is 43.2 Å². The molecule has 39 heavy (non-hydrogen) atoms. The molecule has 3 aromatic carbocycles. The number of morpholine rings is 1. The van der Waals surface area contributed by atoms with Crippen LogP contribution in [0.3, 0.4) is 0 Å². The maximum Gasteiger partial charge on any atom is 0.253 e. The average molecular weight is 525 g/mol. The molecule has 4 amide bonds. The number of carbonyl (C=O) groups is 4. The van der Waals surface area contributed by atoms with Crippen LogP contribution in [0, 0.1) is 11.8 Å². The van der Waals surface area contributed by atoms with E-state index in [1.807, 2.05) is 61.5 Å². The fourth-order valence-corrected chi connectivity index (χ4v) is 6.95. The summed E-state index contributed by atoms with van der Waals surface area (Å²) in [6, 6.07) is 20.0. The molecule has 0 saturated carbocycles. The zero-order chi connectivity index (χ0) is 26.9. The summed E-state index contributed by atoms with van der Waals surface area (Å²) >= 11 is 0. The van der Waals surface area contributed by atoms with E-state index in [1.165, 1.54) is 9.80 Å². The van der Waals surface area contributed by atoms with Gasteiger partial charge in [-0.25, -0.2) is 4.90 Å². The molecule has 3 aromatic rings. The van der Waals surface area contributed by atoms with E-state index < -0.39 is 29.3 Å². The molecule has 0 aliphatic carbocycles. The van der Waals surface area contributed by atoms with E-state index >= 15 is 0 Å². The third-order valence-corrected chi connectivity index (χ3v) is 8.68. The van der Waals surface area contributed by atoms with Gasteiger partial charge >= 0.3 is 0 Å². The highest BCUT2D eigenvalue weighted by Crippen LogP contribution is 2.55. The first-order valence-electron chi connectivity index (χ1n) is 13.3. The second-order valence-electron chi connectivity index (χ2n) is 10.7. The van der Waals surface area contributed by atoms with Crippen molar-refractivity contribution in [2.45, 2.75) is 18.5 Å². The van der Waals surface area contributed by atoms with Crippen LogP contribution in [-0.4, -0.2) is 67.4 Å². The van der Waals surface area contributed by atoms with Gasteiger partial charge in [-0.2, -0.15) is 0 Å². The van der Waals surface area contributed by atoms with E-state index in [9.17, 15) is 19.2 Å². The average Bonchev–Trinajstić information content (AvgIpc) is 3.51. The molecule has 4 heterocycles. The molecule has 1 spiro atoms. The van der Waals surface area contributed by atoms with Gasteiger partial charge in [0.1, 0.15) is 12.1 Å². The summed E-state index contributed by atoms with van der Waals surface area (Å²) in [4.78, 5) is 60.3. The van der Waals surface area contributed by atoms with Gasteiger partial charge in [-0.15, -0.1) is 0 Å². The van der Waals surface area contributed by atoms with Gasteiger partial charge in [0, 0.05) is 35.8 Å². The Hall–Kier alpha value is -4.08. The Morgan fingerprint density at radius 3 is 2.44 bits per heavy atom. The number of nitrogens with one attached hydrogen (secondary N) is 1. The van der Waals surface area contributed by atoms with Crippen LogP contribution in [0.1, 0.15) is 12.5 Å². The van der Waals surface area contributed by atoms with Crippen molar-refractivity contribution in [2.24, 2.45) is 11.8 Å². The number of rotatable bonds is 3. The van der Waals surface area contributed by atoms with Crippen molar-refractivity contribution < 1.29 is 23.9 Å². The van der Waals surface area contributed by atoms with Crippen molar-refractivity contribution in [2.75, 3.05) is 42.6 Å². The Balaban J connectivity index is 1.31. The molecule has 9 nitrogen and oxygen atoms in total. The number of carbonyl (C=O) groups excluding carboxylic acids is 4. The molecule has 0 bridgehead atoms. The van der Waals surface area contributed by atoms with Crippen molar-refractivity contribution in [1.82, 2.24) is 10.2 Å². The summed E-state index contributed by atoms with van der Waals surface area (Å²) < 4.78 is 5.37. The van der Waals surface area contributed by atoms with Crippen LogP contribution >= 0.6 is 0 Å². The van der Waals surface area contributed by atoms with Gasteiger partial charge in [-0.3, -0.25) is 24.5 Å². The Kier molecular flexibility index (Phi) is 5.37. The summed E-state index contributed by atoms with van der Waals surface area (Å²) in [7, 11) is 0. The number of para-hydroxylation sites is 1. The Morgan fingerprint density at radius 2 is 1.62 bits per heavy atom. The maximum absolute atomic E-state index is 14.4. The lowest BCUT2D eigenvalue weighted by atomic mass is 9.76. The van der Waals surface area contributed by atoms with Crippen molar-refractivity contribution in [1.29, 1.82) is 0 Å². The number of hydrogen-bond donors (Lipinski definition) is 1. The van der Waals surface area contributed by atoms with Gasteiger partial charge in [0.15, 0.2) is 0 Å². The molecule has 3 fully saturated rings. The minimum atomic E-state index is -1.43. The van der Waals surface area contributed by atoms with Crippen LogP contribution in [0.2, 0.25) is 0 Å². The number of fused-ring (bicyclic) bond motifs is 5. The zero-order valence-electron chi connectivity index (χ0n) is 21.5. The minimum Gasteiger partial charge on any atom is -0.378 e. The van der Waals surface area contributed by atoms with Crippen LogP contribution in [0.4, 0.5) is 11.4 Å². The Bertz CT molecular complexity index is 1540. The SMILES string of the molecule is C[C@@H]1N[C@]2(C(=O)N(CC(=O)N3CCOCC3)c3ccccc32)[C@@H]2C(=O)N(c3cccc4ccccc34)C(=O)[C@@H]12. The summed E-state index contributed by atoms with van der Waals surface area (Å²) in [5.41, 5.74) is 0.314. The van der Waals surface area contributed by atoms with Gasteiger partial charge in [0.05, 0.1) is 30.7 Å². The number of hydrogen-bond acceptors (Lipinski definition) is 6. The van der Waals surface area contributed by atoms with E-state index in [4.69, 9.17) is 4.74 Å². The van der Waals surface area contributed by atoms with Crippen molar-refractivity contribution in [3.8, 4) is 0 Å². The first kappa shape index (κ1) is 24.0. The monoisotopic (exact) mass is 524 g/mol. The number of ether oxygens (including phenoxy) is 1. The standard InChI is InChI=1S/C30H28N4O5/c1-18-25-26(28(37)34(27(25)36)22-12-6-8-19-7-2-3-9-20(19)22)30(31-18)21-10-4-5-11-23(21)33(29(30)38)17-24(35)32-13-15-39-16-14-32/h2-12,18,25-26,31H,13-17H2,1H3/t18-,25-,26-,30-/m0/s1. The Labute approximate surface area is 225 Å². The lowest BCUT2D eigenvalue weighted by Crippen LogP contribution is -2.56. The summed E-state index contributed by atoms with van der Waals surface area (Å²) in [6.45, 7) is 3.58. The second kappa shape index (κ2) is 8.72. The fourth-order valence-electron chi connectivity index (χ4n) is 6.95. The highest BCUT2D eigenvalue weighted by atomic mass is 16.5. The molecule has 0 unspecified atom stereocenters. The third kappa shape index (κ3) is 3.26. The molecule has 7 rings (SSSR count). The van der Waals surface area contributed by atoms with Crippen LogP contribution in [-0.2, 0) is 29.5 Å². The molecule has 1 N–H and O–H groups in total. The first-order valence-corrected chi connectivity index (χ1v) is 13.3. The van der Waals surface area contributed by atoms with Crippen molar-refractivity contribution in [3.63, 3.8) is 0 Å². The topological polar surface area (TPSA) is 99.3 Å². The lowest BCUT2D eigenvalue weighted by molar-refractivity contribution is -0.136.